The van der Waals surface area contributed by atoms with Crippen LogP contribution in [0, 0.1) is 0 Å². The van der Waals surface area contributed by atoms with E-state index >= 15 is 0 Å². The van der Waals surface area contributed by atoms with Gasteiger partial charge in [0.15, 0.2) is 0 Å². The molecule has 0 unspecified atom stereocenters. The average Bonchev–Trinajstić information content (AvgIpc) is 2.01. The van der Waals surface area contributed by atoms with Gasteiger partial charge in [-0.1, -0.05) is 0 Å². The van der Waals surface area contributed by atoms with Gasteiger partial charge >= 0.3 is 115 Å². The first-order chi connectivity index (χ1) is 6.36. The maximum absolute atomic E-state index is 5.25. The van der Waals surface area contributed by atoms with Gasteiger partial charge < -0.3 is 0 Å². The molecule has 0 aliphatic rings. The molecule has 1 rings (SSSR count). The van der Waals surface area contributed by atoms with E-state index in [-0.39, 0.29) is 5.41 Å². The molecule has 0 bridgehead atoms. The summed E-state index contributed by atoms with van der Waals surface area (Å²) in [5, 5.41) is 0. The topological polar surface area (TPSA) is 9.23 Å². The molecule has 0 spiro atoms. The van der Waals surface area contributed by atoms with E-state index in [1.807, 2.05) is 0 Å². The zero-order chi connectivity index (χ0) is 10.9. The minimum atomic E-state index is 0.150. The fraction of sp³-hybridized carbons (Fsp3) is 0.400. The summed E-state index contributed by atoms with van der Waals surface area (Å²) >= 11 is 8.66. The van der Waals surface area contributed by atoms with Crippen molar-refractivity contribution in [2.24, 2.45) is 0 Å². The third kappa shape index (κ3) is 2.85. The van der Waals surface area contributed by atoms with Crippen molar-refractivity contribution in [2.75, 3.05) is 0 Å². The molecular weight excluding hydrogens is 344 g/mol. The quantitative estimate of drug-likeness (QED) is 0.681. The van der Waals surface area contributed by atoms with Gasteiger partial charge in [-0.2, -0.15) is 0 Å². The number of hydrogen-bond donors (Lipinski definition) is 0. The molecule has 0 N–H and O–H groups in total. The number of halogens is 2. The van der Waals surface area contributed by atoms with Crippen molar-refractivity contribution in [1.29, 1.82) is 0 Å². The fourth-order valence-corrected chi connectivity index (χ4v) is 3.25. The van der Waals surface area contributed by atoms with Crippen LogP contribution in [0.1, 0.15) is 26.3 Å². The van der Waals surface area contributed by atoms with E-state index in [2.05, 4.69) is 64.8 Å². The molecule has 0 fully saturated rings. The molecule has 0 atom stereocenters. The molecule has 0 radical (unpaired) electrons. The van der Waals surface area contributed by atoms with Gasteiger partial charge in [-0.15, -0.1) is 0 Å². The molecular formula is C10H11Br2OTi. The first kappa shape index (κ1) is 12.8. The van der Waals surface area contributed by atoms with E-state index in [4.69, 9.17) is 3.32 Å². The Morgan fingerprint density at radius 1 is 1.14 bits per heavy atom. The van der Waals surface area contributed by atoms with Gasteiger partial charge in [0.05, 0.1) is 0 Å². The number of rotatable bonds is 1. The molecule has 14 heavy (non-hydrogen) atoms. The van der Waals surface area contributed by atoms with Crippen molar-refractivity contribution in [2.45, 2.75) is 26.2 Å². The minimum absolute atomic E-state index is 0.150. The van der Waals surface area contributed by atoms with Gasteiger partial charge in [-0.3, -0.25) is 0 Å². The molecule has 1 aromatic carbocycles. The second-order valence-electron chi connectivity index (χ2n) is 4.12. The summed E-state index contributed by atoms with van der Waals surface area (Å²) < 4.78 is 7.22. The van der Waals surface area contributed by atoms with Gasteiger partial charge in [-0.25, -0.2) is 0 Å². The van der Waals surface area contributed by atoms with Crippen molar-refractivity contribution < 1.29 is 24.1 Å². The van der Waals surface area contributed by atoms with Gasteiger partial charge in [0.2, 0.25) is 0 Å². The van der Waals surface area contributed by atoms with E-state index in [1.54, 1.807) is 20.8 Å². The molecule has 1 aromatic rings. The van der Waals surface area contributed by atoms with Crippen LogP contribution < -0.4 is 3.32 Å². The molecule has 0 saturated carbocycles. The molecule has 0 aliphatic carbocycles. The summed E-state index contributed by atoms with van der Waals surface area (Å²) in [4.78, 5) is 0. The van der Waals surface area contributed by atoms with Gasteiger partial charge in [0.1, 0.15) is 0 Å². The van der Waals surface area contributed by atoms with Crippen LogP contribution in [0.2, 0.25) is 0 Å². The zero-order valence-electron chi connectivity index (χ0n) is 8.32. The van der Waals surface area contributed by atoms with Crippen LogP contribution in [-0.2, 0) is 26.2 Å². The molecule has 75 valence electrons. The normalized spacial score (nSPS) is 11.4. The molecule has 0 aliphatic heterocycles. The molecule has 4 heteroatoms. The van der Waals surface area contributed by atoms with E-state index in [0.29, 0.717) is 0 Å². The Morgan fingerprint density at radius 2 is 1.57 bits per heavy atom. The summed E-state index contributed by atoms with van der Waals surface area (Å²) in [5.74, 6) is 0.845. The average molecular weight is 355 g/mol. The second kappa shape index (κ2) is 4.69. The van der Waals surface area contributed by atoms with Gasteiger partial charge in [-0.05, 0) is 0 Å². The third-order valence-electron chi connectivity index (χ3n) is 1.97. The van der Waals surface area contributed by atoms with Crippen molar-refractivity contribution >= 4 is 31.9 Å². The first-order valence-corrected chi connectivity index (χ1v) is 6.41. The van der Waals surface area contributed by atoms with Crippen LogP contribution in [0.25, 0.3) is 0 Å². The van der Waals surface area contributed by atoms with Crippen LogP contribution in [0.15, 0.2) is 21.1 Å². The van der Waals surface area contributed by atoms with Crippen molar-refractivity contribution in [1.82, 2.24) is 0 Å². The van der Waals surface area contributed by atoms with Crippen LogP contribution in [0.3, 0.4) is 0 Å². The van der Waals surface area contributed by atoms with Crippen molar-refractivity contribution in [3.05, 3.63) is 26.6 Å². The number of benzene rings is 1. The van der Waals surface area contributed by atoms with Gasteiger partial charge in [0, 0.05) is 0 Å². The Hall–Kier alpha value is 0.694. The van der Waals surface area contributed by atoms with E-state index in [0.717, 1.165) is 14.7 Å². The third-order valence-corrected chi connectivity index (χ3v) is 3.46. The number of hydrogen-bond acceptors (Lipinski definition) is 1. The van der Waals surface area contributed by atoms with Crippen LogP contribution in [0.4, 0.5) is 0 Å². The summed E-state index contributed by atoms with van der Waals surface area (Å²) in [5.41, 5.74) is 1.43. The van der Waals surface area contributed by atoms with E-state index in [9.17, 15) is 0 Å². The van der Waals surface area contributed by atoms with Crippen molar-refractivity contribution in [3.63, 3.8) is 0 Å². The summed E-state index contributed by atoms with van der Waals surface area (Å²) in [6.45, 7) is 6.56. The molecule has 0 amide bonds. The summed E-state index contributed by atoms with van der Waals surface area (Å²) in [7, 11) is 0. The van der Waals surface area contributed by atoms with Crippen LogP contribution in [0.5, 0.6) is 5.75 Å². The van der Waals surface area contributed by atoms with Crippen molar-refractivity contribution in [3.8, 4) is 5.75 Å². The Kier molecular flexibility index (Phi) is 4.27. The Bertz CT molecular complexity index is 321. The molecule has 0 saturated heterocycles. The van der Waals surface area contributed by atoms with Crippen LogP contribution >= 0.6 is 31.9 Å². The van der Waals surface area contributed by atoms with Gasteiger partial charge in [0.25, 0.3) is 0 Å². The maximum atomic E-state index is 5.25. The predicted octanol–water partition coefficient (Wildman–Crippen LogP) is 4.35. The Balaban J connectivity index is 3.28. The van der Waals surface area contributed by atoms with Crippen LogP contribution in [-0.4, -0.2) is 0 Å². The Labute approximate surface area is 114 Å². The predicted molar refractivity (Wildman–Crippen MR) is 61.2 cm³/mol. The van der Waals surface area contributed by atoms with E-state index in [1.165, 1.54) is 5.56 Å². The SMILES string of the molecule is CC(C)(C)c1cc(Br)c([O][Ti])c(Br)c1. The molecule has 0 heterocycles. The van der Waals surface area contributed by atoms with E-state index < -0.39 is 0 Å². The standard InChI is InChI=1S/C10H12Br2O.Ti/c1-10(2,3)6-4-7(11)9(13)8(12)5-6;/h4-5,13H,1-3H3;/q;+1/p-1. The molecule has 1 nitrogen and oxygen atoms in total. The zero-order valence-corrected chi connectivity index (χ0v) is 13.1. The summed E-state index contributed by atoms with van der Waals surface area (Å²) in [6.07, 6.45) is 0. The first-order valence-electron chi connectivity index (χ1n) is 4.19. The summed E-state index contributed by atoms with van der Waals surface area (Å²) in [6, 6.07) is 4.20. The monoisotopic (exact) mass is 353 g/mol. The molecule has 0 aromatic heterocycles. The second-order valence-corrected chi connectivity index (χ2v) is 6.15. The Morgan fingerprint density at radius 3 is 1.86 bits per heavy atom. The fourth-order valence-electron chi connectivity index (χ4n) is 1.09.